The number of hydrogen-bond acceptors (Lipinski definition) is 7. The van der Waals surface area contributed by atoms with Crippen LogP contribution in [0.15, 0.2) is 0 Å². The van der Waals surface area contributed by atoms with Gasteiger partial charge in [0.05, 0.1) is 12.5 Å². The largest absolute Gasteiger partial charge is 0.480 e. The second-order valence-electron chi connectivity index (χ2n) is 7.28. The first-order valence-corrected chi connectivity index (χ1v) is 9.76. The van der Waals surface area contributed by atoms with Crippen molar-refractivity contribution in [1.82, 2.24) is 16.0 Å². The van der Waals surface area contributed by atoms with Gasteiger partial charge in [0.25, 0.3) is 0 Å². The highest BCUT2D eigenvalue weighted by molar-refractivity contribution is 5.94. The lowest BCUT2D eigenvalue weighted by atomic mass is 9.98. The molecule has 0 aliphatic heterocycles. The van der Waals surface area contributed by atoms with E-state index in [0.717, 1.165) is 0 Å². The summed E-state index contributed by atoms with van der Waals surface area (Å²) in [6.07, 6.45) is -0.350. The van der Waals surface area contributed by atoms with Crippen LogP contribution in [0.5, 0.6) is 0 Å². The minimum atomic E-state index is -1.57. The number of nitrogens with one attached hydrogen (secondary N) is 3. The van der Waals surface area contributed by atoms with Gasteiger partial charge in [0.15, 0.2) is 0 Å². The van der Waals surface area contributed by atoms with E-state index in [1.165, 1.54) is 6.92 Å². The molecule has 0 aromatic heterocycles. The van der Waals surface area contributed by atoms with Gasteiger partial charge in [-0.1, -0.05) is 20.3 Å². The van der Waals surface area contributed by atoms with Crippen molar-refractivity contribution in [2.75, 3.05) is 0 Å². The number of carbonyl (C=O) groups is 6. The highest BCUT2D eigenvalue weighted by Crippen LogP contribution is 2.07. The molecule has 0 aliphatic carbocycles. The van der Waals surface area contributed by atoms with Gasteiger partial charge in [-0.2, -0.15) is 0 Å². The van der Waals surface area contributed by atoms with Crippen molar-refractivity contribution in [3.8, 4) is 0 Å². The number of primary amides is 2. The predicted octanol–water partition coefficient (Wildman–Crippen LogP) is -2.94. The van der Waals surface area contributed by atoms with Gasteiger partial charge in [-0.15, -0.1) is 0 Å². The van der Waals surface area contributed by atoms with Crippen LogP contribution in [0.25, 0.3) is 0 Å². The van der Waals surface area contributed by atoms with Crippen LogP contribution >= 0.6 is 0 Å². The molecule has 0 saturated heterocycles. The number of rotatable bonds is 14. The van der Waals surface area contributed by atoms with E-state index >= 15 is 0 Å². The predicted molar refractivity (Wildman–Crippen MR) is 109 cm³/mol. The number of aliphatic carboxylic acids is 1. The molecule has 31 heavy (non-hydrogen) atoms. The van der Waals surface area contributed by atoms with Gasteiger partial charge in [-0.3, -0.25) is 24.0 Å². The van der Waals surface area contributed by atoms with Crippen LogP contribution in [-0.2, 0) is 28.8 Å². The molecular formula is C18H32N6O7. The SMILES string of the molecule is CCC(C)C(N)C(=O)NC(CCC(N)=O)C(=O)NC(C)C(=O)NC(CC(N)=O)C(=O)O. The van der Waals surface area contributed by atoms with Crippen molar-refractivity contribution in [2.24, 2.45) is 23.1 Å². The second-order valence-corrected chi connectivity index (χ2v) is 7.28. The molecule has 13 nitrogen and oxygen atoms in total. The third-order valence-corrected chi connectivity index (χ3v) is 4.64. The van der Waals surface area contributed by atoms with Crippen molar-refractivity contribution < 1.29 is 33.9 Å². The van der Waals surface area contributed by atoms with Crippen LogP contribution < -0.4 is 33.2 Å². The Labute approximate surface area is 179 Å². The molecule has 0 rings (SSSR count). The normalized spacial score (nSPS) is 15.5. The molecule has 0 aromatic rings. The van der Waals surface area contributed by atoms with E-state index in [1.54, 1.807) is 6.92 Å². The molecule has 5 unspecified atom stereocenters. The Morgan fingerprint density at radius 2 is 1.39 bits per heavy atom. The number of carboxylic acids is 1. The standard InChI is InChI=1S/C18H32N6O7/c1-4-8(2)14(21)17(29)23-10(5-6-12(19)25)16(28)22-9(3)15(27)24-11(18(30)31)7-13(20)26/h8-11,14H,4-7,21H2,1-3H3,(H2,19,25)(H2,20,26)(H,22,28)(H,23,29)(H,24,27)(H,30,31). The Kier molecular flexibility index (Phi) is 11.8. The van der Waals surface area contributed by atoms with Crippen molar-refractivity contribution in [3.05, 3.63) is 0 Å². The van der Waals surface area contributed by atoms with Crippen LogP contribution in [0, 0.1) is 5.92 Å². The molecule has 0 aromatic carbocycles. The summed E-state index contributed by atoms with van der Waals surface area (Å²) in [4.78, 5) is 70.3. The molecule has 0 radical (unpaired) electrons. The summed E-state index contributed by atoms with van der Waals surface area (Å²) < 4.78 is 0. The van der Waals surface area contributed by atoms with Crippen LogP contribution in [-0.4, -0.2) is 64.8 Å². The summed E-state index contributed by atoms with van der Waals surface area (Å²) in [5, 5.41) is 15.9. The first-order valence-electron chi connectivity index (χ1n) is 9.76. The van der Waals surface area contributed by atoms with Crippen LogP contribution in [0.3, 0.4) is 0 Å². The maximum absolute atomic E-state index is 12.6. The summed E-state index contributed by atoms with van der Waals surface area (Å²) >= 11 is 0. The van der Waals surface area contributed by atoms with Crippen LogP contribution in [0.1, 0.15) is 46.5 Å². The van der Waals surface area contributed by atoms with Crippen molar-refractivity contribution in [2.45, 2.75) is 70.6 Å². The van der Waals surface area contributed by atoms with E-state index in [0.29, 0.717) is 6.42 Å². The summed E-state index contributed by atoms with van der Waals surface area (Å²) in [7, 11) is 0. The van der Waals surface area contributed by atoms with E-state index in [-0.39, 0.29) is 18.8 Å². The van der Waals surface area contributed by atoms with Crippen molar-refractivity contribution >= 4 is 35.5 Å². The van der Waals surface area contributed by atoms with Crippen molar-refractivity contribution in [3.63, 3.8) is 0 Å². The van der Waals surface area contributed by atoms with Gasteiger partial charge in [0, 0.05) is 6.42 Å². The molecule has 0 heterocycles. The highest BCUT2D eigenvalue weighted by atomic mass is 16.4. The van der Waals surface area contributed by atoms with Gasteiger partial charge in [-0.05, 0) is 19.3 Å². The first kappa shape index (κ1) is 27.8. The number of hydrogen-bond donors (Lipinski definition) is 7. The number of carboxylic acid groups (broad SMARTS) is 1. The zero-order valence-corrected chi connectivity index (χ0v) is 17.8. The Morgan fingerprint density at radius 1 is 0.839 bits per heavy atom. The van der Waals surface area contributed by atoms with E-state index < -0.39 is 66.1 Å². The van der Waals surface area contributed by atoms with Crippen LogP contribution in [0.2, 0.25) is 0 Å². The Bertz CT molecular complexity index is 699. The molecule has 0 fully saturated rings. The van der Waals surface area contributed by atoms with Crippen molar-refractivity contribution in [1.29, 1.82) is 0 Å². The topological polar surface area (TPSA) is 237 Å². The fourth-order valence-electron chi connectivity index (χ4n) is 2.41. The molecule has 5 atom stereocenters. The maximum atomic E-state index is 12.6. The van der Waals surface area contributed by atoms with Crippen LogP contribution in [0.4, 0.5) is 0 Å². The molecule has 0 spiro atoms. The Morgan fingerprint density at radius 3 is 1.84 bits per heavy atom. The molecule has 10 N–H and O–H groups in total. The van der Waals surface area contributed by atoms with Gasteiger partial charge in [0.2, 0.25) is 29.5 Å². The second kappa shape index (κ2) is 13.2. The smallest absolute Gasteiger partial charge is 0.326 e. The van der Waals surface area contributed by atoms with Gasteiger partial charge >= 0.3 is 5.97 Å². The van der Waals surface area contributed by atoms with E-state index in [2.05, 4.69) is 16.0 Å². The molecular weight excluding hydrogens is 412 g/mol. The fourth-order valence-corrected chi connectivity index (χ4v) is 2.41. The molecule has 0 bridgehead atoms. The number of amides is 5. The minimum Gasteiger partial charge on any atom is -0.480 e. The van der Waals surface area contributed by atoms with Gasteiger partial charge in [-0.25, -0.2) is 4.79 Å². The molecule has 0 saturated carbocycles. The van der Waals surface area contributed by atoms with Gasteiger partial charge < -0.3 is 38.3 Å². The highest BCUT2D eigenvalue weighted by Gasteiger charge is 2.29. The summed E-state index contributed by atoms with van der Waals surface area (Å²) in [6.45, 7) is 4.88. The maximum Gasteiger partial charge on any atom is 0.326 e. The fraction of sp³-hybridized carbons (Fsp3) is 0.667. The lowest BCUT2D eigenvalue weighted by Gasteiger charge is -2.24. The summed E-state index contributed by atoms with van der Waals surface area (Å²) in [5.74, 6) is -5.56. The molecule has 0 aliphatic rings. The third-order valence-electron chi connectivity index (χ3n) is 4.64. The minimum absolute atomic E-state index is 0.131. The number of carbonyl (C=O) groups excluding carboxylic acids is 5. The molecule has 176 valence electrons. The average molecular weight is 444 g/mol. The lowest BCUT2D eigenvalue weighted by molar-refractivity contribution is -0.143. The molecule has 5 amide bonds. The Hall–Kier alpha value is -3.22. The van der Waals surface area contributed by atoms with Gasteiger partial charge in [0.1, 0.15) is 18.1 Å². The summed E-state index contributed by atoms with van der Waals surface area (Å²) in [5.41, 5.74) is 15.9. The molecule has 13 heteroatoms. The first-order chi connectivity index (χ1) is 14.3. The Balaban J connectivity index is 5.19. The lowest BCUT2D eigenvalue weighted by Crippen LogP contribution is -2.57. The zero-order valence-electron chi connectivity index (χ0n) is 17.8. The number of nitrogens with two attached hydrogens (primary N) is 3. The monoisotopic (exact) mass is 444 g/mol. The average Bonchev–Trinajstić information content (AvgIpc) is 2.68. The third kappa shape index (κ3) is 10.4. The quantitative estimate of drug-likeness (QED) is 0.146. The van der Waals surface area contributed by atoms with E-state index in [9.17, 15) is 28.8 Å². The summed E-state index contributed by atoms with van der Waals surface area (Å²) in [6, 6.07) is -4.88. The van der Waals surface area contributed by atoms with E-state index in [1.807, 2.05) is 6.92 Å². The zero-order chi connectivity index (χ0) is 24.3. The van der Waals surface area contributed by atoms with E-state index in [4.69, 9.17) is 22.3 Å².